The van der Waals surface area contributed by atoms with Crippen LogP contribution in [0.3, 0.4) is 0 Å². The number of unbranched alkanes of at least 4 members (excludes halogenated alkanes) is 6. The summed E-state index contributed by atoms with van der Waals surface area (Å²) in [6.07, 6.45) is 9.83. The van der Waals surface area contributed by atoms with Crippen molar-refractivity contribution in [2.45, 2.75) is 51.4 Å². The van der Waals surface area contributed by atoms with E-state index in [-0.39, 0.29) is 11.9 Å². The molecule has 0 atom stereocenters. The molecule has 0 aliphatic heterocycles. The van der Waals surface area contributed by atoms with Crippen molar-refractivity contribution >= 4 is 33.5 Å². The lowest BCUT2D eigenvalue weighted by atomic mass is 10.0. The first kappa shape index (κ1) is 39.0. The van der Waals surface area contributed by atoms with Gasteiger partial charge in [-0.25, -0.2) is 9.59 Å². The molecule has 0 saturated carbocycles. The lowest BCUT2D eigenvalue weighted by molar-refractivity contribution is -0.138. The van der Waals surface area contributed by atoms with Gasteiger partial charge in [-0.3, -0.25) is 0 Å². The quantitative estimate of drug-likeness (QED) is 0.0389. The minimum atomic E-state index is -0.374. The smallest absolute Gasteiger partial charge is 0.330 e. The highest BCUT2D eigenvalue weighted by molar-refractivity contribution is 5.94. The number of ether oxygens (including phenoxy) is 4. The van der Waals surface area contributed by atoms with Gasteiger partial charge in [-0.1, -0.05) is 85.4 Å². The lowest BCUT2D eigenvalue weighted by Gasteiger charge is -2.11. The Hall–Kier alpha value is -6.24. The fraction of sp³-hybridized carbons (Fsp3) is 0.250. The largest absolute Gasteiger partial charge is 0.493 e. The molecular weight excluding hydrogens is 673 g/mol. The molecule has 0 amide bonds. The van der Waals surface area contributed by atoms with Crippen molar-refractivity contribution in [1.82, 2.24) is 0 Å². The Kier molecular flexibility index (Phi) is 15.4. The number of rotatable bonds is 18. The van der Waals surface area contributed by atoms with Gasteiger partial charge < -0.3 is 18.9 Å². The highest BCUT2D eigenvalue weighted by atomic mass is 16.5. The summed E-state index contributed by atoms with van der Waals surface area (Å²) >= 11 is 0. The van der Waals surface area contributed by atoms with Crippen molar-refractivity contribution in [2.75, 3.05) is 26.4 Å². The van der Waals surface area contributed by atoms with Gasteiger partial charge in [-0.15, -0.1) is 0 Å². The Bertz CT molecular complexity index is 2020. The van der Waals surface area contributed by atoms with Crippen LogP contribution in [0.25, 0.3) is 21.5 Å². The molecule has 274 valence electrons. The molecule has 6 heteroatoms. The molecule has 0 saturated heterocycles. The molecule has 0 aliphatic carbocycles. The second-order valence-corrected chi connectivity index (χ2v) is 12.7. The van der Waals surface area contributed by atoms with Crippen LogP contribution in [0.2, 0.25) is 0 Å². The molecule has 0 N–H and O–H groups in total. The number of carbonyl (C=O) groups excluding carboxylic acids is 2. The minimum Gasteiger partial charge on any atom is -0.493 e. The summed E-state index contributed by atoms with van der Waals surface area (Å²) < 4.78 is 22.4. The van der Waals surface area contributed by atoms with Crippen molar-refractivity contribution in [2.24, 2.45) is 0 Å². The monoisotopic (exact) mass is 718 g/mol. The molecule has 0 aliphatic rings. The van der Waals surface area contributed by atoms with E-state index in [1.54, 1.807) is 0 Å². The molecule has 0 unspecified atom stereocenters. The van der Waals surface area contributed by atoms with Crippen molar-refractivity contribution in [3.05, 3.63) is 145 Å². The number of carbonyl (C=O) groups is 2. The third-order valence-corrected chi connectivity index (χ3v) is 8.75. The molecule has 54 heavy (non-hydrogen) atoms. The molecule has 5 aromatic carbocycles. The van der Waals surface area contributed by atoms with E-state index in [9.17, 15) is 9.59 Å². The first-order valence-electron chi connectivity index (χ1n) is 18.6. The van der Waals surface area contributed by atoms with Crippen molar-refractivity contribution < 1.29 is 28.5 Å². The topological polar surface area (TPSA) is 71.1 Å². The van der Waals surface area contributed by atoms with Gasteiger partial charge in [0.2, 0.25) is 0 Å². The molecular formula is C48H46O6. The zero-order valence-electron chi connectivity index (χ0n) is 30.7. The fourth-order valence-electron chi connectivity index (χ4n) is 5.87. The Morgan fingerprint density at radius 1 is 0.444 bits per heavy atom. The van der Waals surface area contributed by atoms with Gasteiger partial charge in [-0.05, 0) is 99.9 Å². The average molecular weight is 719 g/mol. The average Bonchev–Trinajstić information content (AvgIpc) is 3.21. The molecule has 0 heterocycles. The number of hydrogen-bond acceptors (Lipinski definition) is 6. The van der Waals surface area contributed by atoms with Crippen LogP contribution in [0.1, 0.15) is 73.6 Å². The van der Waals surface area contributed by atoms with Crippen LogP contribution in [-0.4, -0.2) is 38.4 Å². The zero-order chi connectivity index (χ0) is 37.8. The number of benzene rings is 5. The summed E-state index contributed by atoms with van der Waals surface area (Å²) in [6.45, 7) is 8.90. The van der Waals surface area contributed by atoms with Crippen LogP contribution in [0.15, 0.2) is 122 Å². The Morgan fingerprint density at radius 2 is 0.815 bits per heavy atom. The van der Waals surface area contributed by atoms with E-state index in [0.717, 1.165) is 107 Å². The second-order valence-electron chi connectivity index (χ2n) is 12.7. The Morgan fingerprint density at radius 3 is 1.20 bits per heavy atom. The third-order valence-electron chi connectivity index (χ3n) is 8.75. The number of esters is 2. The molecule has 0 spiro atoms. The van der Waals surface area contributed by atoms with Crippen molar-refractivity contribution in [3.63, 3.8) is 0 Å². The predicted octanol–water partition coefficient (Wildman–Crippen LogP) is 10.1. The van der Waals surface area contributed by atoms with Crippen LogP contribution >= 0.6 is 0 Å². The molecule has 6 nitrogen and oxygen atoms in total. The zero-order valence-corrected chi connectivity index (χ0v) is 30.7. The van der Waals surface area contributed by atoms with Crippen molar-refractivity contribution in [1.29, 1.82) is 0 Å². The fourth-order valence-corrected chi connectivity index (χ4v) is 5.87. The number of hydrogen-bond donors (Lipinski definition) is 0. The predicted molar refractivity (Wildman–Crippen MR) is 217 cm³/mol. The minimum absolute atomic E-state index is 0.374. The summed E-state index contributed by atoms with van der Waals surface area (Å²) in [6, 6.07) is 32.4. The van der Waals surface area contributed by atoms with E-state index >= 15 is 0 Å². The van der Waals surface area contributed by atoms with E-state index in [1.165, 1.54) is 12.2 Å². The van der Waals surface area contributed by atoms with Crippen LogP contribution < -0.4 is 9.47 Å². The SMILES string of the molecule is C=CC(=O)OCCCCCCOc1ccc(C#Cc2ccc(C#Cc3ccc(OCCCCCCOC(=O)C=C)c4ccccc34)cc2)c2ccccc12. The molecule has 0 fully saturated rings. The van der Waals surface area contributed by atoms with Crippen molar-refractivity contribution in [3.8, 4) is 35.2 Å². The van der Waals surface area contributed by atoms with E-state index < -0.39 is 0 Å². The molecule has 5 aromatic rings. The summed E-state index contributed by atoms with van der Waals surface area (Å²) in [5, 5.41) is 4.18. The summed E-state index contributed by atoms with van der Waals surface area (Å²) in [5.74, 6) is 14.3. The van der Waals surface area contributed by atoms with E-state index in [1.807, 2.05) is 72.8 Å². The lowest BCUT2D eigenvalue weighted by Crippen LogP contribution is -2.02. The standard InChI is InChI=1S/C48H46O6/c1-3-47(49)53-35-15-7-5-13-33-51-45-31-29-39(41-17-9-11-19-43(41)45)27-25-37-21-23-38(24-22-37)26-28-40-30-32-46(44-20-12-10-18-42(40)44)52-34-14-6-8-16-36-54-48(50)4-2/h3-4,9-12,17-24,29-32H,1-2,5-8,13-16,33-36H2. The maximum Gasteiger partial charge on any atom is 0.330 e. The van der Waals surface area contributed by atoms with Crippen LogP contribution in [0.4, 0.5) is 0 Å². The molecule has 0 radical (unpaired) electrons. The third kappa shape index (κ3) is 11.9. The number of fused-ring (bicyclic) bond motifs is 2. The molecule has 0 bridgehead atoms. The van der Waals surface area contributed by atoms with Crippen LogP contribution in [-0.2, 0) is 19.1 Å². The first-order valence-corrected chi connectivity index (χ1v) is 18.6. The maximum atomic E-state index is 11.1. The first-order chi connectivity index (χ1) is 26.6. The van der Waals surface area contributed by atoms with Crippen LogP contribution in [0.5, 0.6) is 11.5 Å². The van der Waals surface area contributed by atoms with Gasteiger partial charge in [0, 0.05) is 56.0 Å². The van der Waals surface area contributed by atoms with E-state index in [2.05, 4.69) is 61.1 Å². The van der Waals surface area contributed by atoms with Gasteiger partial charge >= 0.3 is 11.9 Å². The van der Waals surface area contributed by atoms with Gasteiger partial charge in [0.25, 0.3) is 0 Å². The van der Waals surface area contributed by atoms with Gasteiger partial charge in [0.15, 0.2) is 0 Å². The Labute approximate surface area is 318 Å². The molecule has 5 rings (SSSR count). The summed E-state index contributed by atoms with van der Waals surface area (Å²) in [7, 11) is 0. The summed E-state index contributed by atoms with van der Waals surface area (Å²) in [4.78, 5) is 22.3. The highest BCUT2D eigenvalue weighted by Gasteiger charge is 2.08. The van der Waals surface area contributed by atoms with E-state index in [0.29, 0.717) is 26.4 Å². The maximum absolute atomic E-state index is 11.1. The van der Waals surface area contributed by atoms with E-state index in [4.69, 9.17) is 18.9 Å². The normalized spacial score (nSPS) is 10.4. The summed E-state index contributed by atoms with van der Waals surface area (Å²) in [5.41, 5.74) is 3.71. The molecule has 0 aromatic heterocycles. The van der Waals surface area contributed by atoms with Gasteiger partial charge in [0.1, 0.15) is 11.5 Å². The highest BCUT2D eigenvalue weighted by Crippen LogP contribution is 2.30. The Balaban J connectivity index is 1.15. The van der Waals surface area contributed by atoms with Crippen LogP contribution in [0, 0.1) is 23.7 Å². The second kappa shape index (κ2) is 21.3. The van der Waals surface area contributed by atoms with Gasteiger partial charge in [0.05, 0.1) is 26.4 Å². The van der Waals surface area contributed by atoms with Gasteiger partial charge in [-0.2, -0.15) is 0 Å².